The summed E-state index contributed by atoms with van der Waals surface area (Å²) in [6, 6.07) is 0. The number of hydrogen-bond acceptors (Lipinski definition) is 3. The largest absolute Gasteiger partial charge is 0.307 e. The summed E-state index contributed by atoms with van der Waals surface area (Å²) < 4.78 is 0. The highest BCUT2D eigenvalue weighted by molar-refractivity contribution is 5.85. The first-order chi connectivity index (χ1) is 1.91. The Kier molecular flexibility index (Phi) is 15.9. The predicted octanol–water partition coefficient (Wildman–Crippen LogP) is -0.785. The lowest BCUT2D eigenvalue weighted by Crippen LogP contribution is -2.08. The summed E-state index contributed by atoms with van der Waals surface area (Å²) in [6.45, 7) is 0.0972. The minimum atomic E-state index is 0. The highest BCUT2D eigenvalue weighted by Gasteiger charge is 1.50. The SMILES string of the molecule is Cl.NCON. The Bertz CT molecular complexity index is 11.6. The van der Waals surface area contributed by atoms with Crippen molar-refractivity contribution in [2.45, 2.75) is 0 Å². The Morgan fingerprint density at radius 2 is 1.80 bits per heavy atom. The lowest BCUT2D eigenvalue weighted by molar-refractivity contribution is 0.145. The molecule has 5 heavy (non-hydrogen) atoms. The summed E-state index contributed by atoms with van der Waals surface area (Å²) in [4.78, 5) is 3.82. The Morgan fingerprint density at radius 1 is 1.60 bits per heavy atom. The van der Waals surface area contributed by atoms with Crippen LogP contribution in [0.25, 0.3) is 0 Å². The van der Waals surface area contributed by atoms with Gasteiger partial charge in [0, 0.05) is 0 Å². The molecule has 0 spiro atoms. The maximum absolute atomic E-state index is 4.68. The predicted molar refractivity (Wildman–Crippen MR) is 21.6 cm³/mol. The Balaban J connectivity index is 0. The molecule has 0 rings (SSSR count). The van der Waals surface area contributed by atoms with Crippen LogP contribution in [0.4, 0.5) is 0 Å². The van der Waals surface area contributed by atoms with Gasteiger partial charge in [-0.05, 0) is 0 Å². The summed E-state index contributed by atoms with van der Waals surface area (Å²) >= 11 is 0. The third-order valence-electron chi connectivity index (χ3n) is 0.0962. The van der Waals surface area contributed by atoms with E-state index in [-0.39, 0.29) is 19.1 Å². The average molecular weight is 98.5 g/mol. The van der Waals surface area contributed by atoms with Crippen LogP contribution in [-0.2, 0) is 4.84 Å². The Morgan fingerprint density at radius 3 is 1.80 bits per heavy atom. The van der Waals surface area contributed by atoms with Gasteiger partial charge < -0.3 is 5.73 Å². The van der Waals surface area contributed by atoms with Gasteiger partial charge in [-0.3, -0.25) is 4.84 Å². The van der Waals surface area contributed by atoms with Crippen molar-refractivity contribution in [2.75, 3.05) is 6.73 Å². The summed E-state index contributed by atoms with van der Waals surface area (Å²) in [5.74, 6) is 4.40. The normalized spacial score (nSPS) is 6.00. The van der Waals surface area contributed by atoms with Gasteiger partial charge in [0.1, 0.15) is 6.73 Å². The first kappa shape index (κ1) is 8.95. The number of rotatable bonds is 1. The zero-order valence-electron chi connectivity index (χ0n) is 2.68. The van der Waals surface area contributed by atoms with Gasteiger partial charge in [-0.2, -0.15) is 0 Å². The highest BCUT2D eigenvalue weighted by Crippen LogP contribution is 1.30. The first-order valence-corrected chi connectivity index (χ1v) is 0.933. The lowest BCUT2D eigenvalue weighted by atomic mass is 11.4. The van der Waals surface area contributed by atoms with Crippen molar-refractivity contribution in [3.63, 3.8) is 0 Å². The molecule has 0 unspecified atom stereocenters. The lowest BCUT2D eigenvalue weighted by Gasteiger charge is -1.77. The second-order valence-electron chi connectivity index (χ2n) is 0.333. The third kappa shape index (κ3) is 14.3. The molecule has 0 saturated carbocycles. The molecule has 0 amide bonds. The fourth-order valence-corrected chi connectivity index (χ4v) is 0. The third-order valence-corrected chi connectivity index (χ3v) is 0.0962. The number of halogens is 1. The summed E-state index contributed by atoms with van der Waals surface area (Å²) in [5, 5.41) is 0. The standard InChI is InChI=1S/CH6N2O.ClH/c2-1-4-3;/h1-3H2;1H. The fraction of sp³-hybridized carbons (Fsp3) is 1.00. The maximum atomic E-state index is 4.68. The van der Waals surface area contributed by atoms with Gasteiger partial charge in [0.25, 0.3) is 0 Å². The van der Waals surface area contributed by atoms with Crippen LogP contribution in [0.15, 0.2) is 0 Å². The van der Waals surface area contributed by atoms with E-state index in [0.717, 1.165) is 0 Å². The summed E-state index contributed by atoms with van der Waals surface area (Å²) in [5.41, 5.74) is 4.68. The van der Waals surface area contributed by atoms with Crippen molar-refractivity contribution in [3.8, 4) is 0 Å². The van der Waals surface area contributed by atoms with Crippen LogP contribution in [-0.4, -0.2) is 6.73 Å². The molecule has 0 aliphatic rings. The van der Waals surface area contributed by atoms with Gasteiger partial charge in [-0.15, -0.1) is 12.4 Å². The van der Waals surface area contributed by atoms with Crippen molar-refractivity contribution in [3.05, 3.63) is 0 Å². The van der Waals surface area contributed by atoms with Gasteiger partial charge in [-0.1, -0.05) is 0 Å². The zero-order valence-corrected chi connectivity index (χ0v) is 3.49. The van der Waals surface area contributed by atoms with E-state index in [4.69, 9.17) is 0 Å². The van der Waals surface area contributed by atoms with Gasteiger partial charge in [0.15, 0.2) is 0 Å². The van der Waals surface area contributed by atoms with Crippen molar-refractivity contribution >= 4 is 12.4 Å². The quantitative estimate of drug-likeness (QED) is 0.334. The second-order valence-corrected chi connectivity index (χ2v) is 0.333. The molecule has 0 aliphatic carbocycles. The first-order valence-electron chi connectivity index (χ1n) is 0.933. The molecule has 0 fully saturated rings. The zero-order chi connectivity index (χ0) is 3.41. The van der Waals surface area contributed by atoms with Crippen LogP contribution in [0, 0.1) is 0 Å². The topological polar surface area (TPSA) is 61.3 Å². The monoisotopic (exact) mass is 98.0 g/mol. The van der Waals surface area contributed by atoms with Crippen molar-refractivity contribution in [1.82, 2.24) is 0 Å². The van der Waals surface area contributed by atoms with E-state index in [2.05, 4.69) is 16.5 Å². The smallest absolute Gasteiger partial charge is 0.116 e. The molecule has 0 radical (unpaired) electrons. The van der Waals surface area contributed by atoms with Crippen molar-refractivity contribution < 1.29 is 4.84 Å². The number of hydrogen-bond donors (Lipinski definition) is 2. The molecular formula is CH7ClN2O. The molecular weight excluding hydrogens is 91.5 g/mol. The average Bonchev–Trinajstić information content (AvgIpc) is 1.37. The molecule has 0 aromatic heterocycles. The van der Waals surface area contributed by atoms with E-state index in [1.807, 2.05) is 0 Å². The van der Waals surface area contributed by atoms with E-state index in [1.165, 1.54) is 0 Å². The van der Waals surface area contributed by atoms with E-state index in [0.29, 0.717) is 0 Å². The molecule has 0 aromatic rings. The fourth-order valence-electron chi connectivity index (χ4n) is 0. The molecule has 4 N–H and O–H groups in total. The van der Waals surface area contributed by atoms with Gasteiger partial charge in [0.05, 0.1) is 0 Å². The summed E-state index contributed by atoms with van der Waals surface area (Å²) in [7, 11) is 0. The Hall–Kier alpha value is 0.170. The molecule has 0 heterocycles. The van der Waals surface area contributed by atoms with Crippen LogP contribution in [0.5, 0.6) is 0 Å². The van der Waals surface area contributed by atoms with Crippen molar-refractivity contribution in [2.24, 2.45) is 11.6 Å². The molecule has 3 nitrogen and oxygen atoms in total. The molecule has 4 heteroatoms. The molecule has 0 bridgehead atoms. The van der Waals surface area contributed by atoms with E-state index in [1.54, 1.807) is 0 Å². The second kappa shape index (κ2) is 8.90. The van der Waals surface area contributed by atoms with Crippen LogP contribution in [0.2, 0.25) is 0 Å². The molecule has 0 aliphatic heterocycles. The van der Waals surface area contributed by atoms with Crippen molar-refractivity contribution in [1.29, 1.82) is 0 Å². The summed E-state index contributed by atoms with van der Waals surface area (Å²) in [6.07, 6.45) is 0. The molecule has 0 aromatic carbocycles. The van der Waals surface area contributed by atoms with Gasteiger partial charge in [-0.25, -0.2) is 5.90 Å². The van der Waals surface area contributed by atoms with Crippen LogP contribution >= 0.6 is 12.4 Å². The minimum Gasteiger partial charge on any atom is -0.307 e. The van der Waals surface area contributed by atoms with E-state index >= 15 is 0 Å². The van der Waals surface area contributed by atoms with Gasteiger partial charge >= 0.3 is 0 Å². The highest BCUT2D eigenvalue weighted by atomic mass is 35.5. The van der Waals surface area contributed by atoms with E-state index in [9.17, 15) is 0 Å². The number of nitrogens with two attached hydrogens (primary N) is 2. The van der Waals surface area contributed by atoms with Crippen LogP contribution < -0.4 is 11.6 Å². The van der Waals surface area contributed by atoms with E-state index < -0.39 is 0 Å². The maximum Gasteiger partial charge on any atom is 0.116 e. The Labute approximate surface area is 36.6 Å². The molecule has 0 saturated heterocycles. The van der Waals surface area contributed by atoms with Gasteiger partial charge in [0.2, 0.25) is 0 Å². The minimum absolute atomic E-state index is 0. The molecule has 0 atom stereocenters. The van der Waals surface area contributed by atoms with Crippen LogP contribution in [0.3, 0.4) is 0 Å². The molecule has 34 valence electrons. The van der Waals surface area contributed by atoms with Crippen LogP contribution in [0.1, 0.15) is 0 Å².